The first-order chi connectivity index (χ1) is 9.67. The molecule has 0 aromatic heterocycles. The summed E-state index contributed by atoms with van der Waals surface area (Å²) in [6.07, 6.45) is 4.25. The van der Waals surface area contributed by atoms with E-state index in [0.717, 1.165) is 30.5 Å². The summed E-state index contributed by atoms with van der Waals surface area (Å²) >= 11 is 0. The number of aliphatic hydroxyl groups is 1. The van der Waals surface area contributed by atoms with Gasteiger partial charge in [-0.3, -0.25) is 0 Å². The molecule has 5 heteroatoms. The fourth-order valence-corrected chi connectivity index (χ4v) is 2.97. The summed E-state index contributed by atoms with van der Waals surface area (Å²) in [6.45, 7) is 3.28. The van der Waals surface area contributed by atoms with Gasteiger partial charge in [-0.1, -0.05) is 5.16 Å². The average Bonchev–Trinajstić information content (AvgIpc) is 2.92. The number of nitrogens with two attached hydrogens (primary N) is 1. The van der Waals surface area contributed by atoms with E-state index in [1.807, 2.05) is 19.1 Å². The molecule has 0 amide bonds. The van der Waals surface area contributed by atoms with Gasteiger partial charge in [0.2, 0.25) is 0 Å². The molecule has 2 rings (SSSR count). The molecule has 1 aromatic carbocycles. The standard InChI is InChI=1S/C15H23N3O2/c1-11-10-13(6-7-14(11)15(16)17-20)18-8-2-4-12(18)5-3-9-19/h6-7,10,12,19-20H,2-5,8-9H2,1H3,(H2,16,17). The molecule has 1 atom stereocenters. The van der Waals surface area contributed by atoms with Crippen molar-refractivity contribution in [2.45, 2.75) is 38.6 Å². The quantitative estimate of drug-likeness (QED) is 0.332. The van der Waals surface area contributed by atoms with E-state index in [-0.39, 0.29) is 12.4 Å². The van der Waals surface area contributed by atoms with Crippen molar-refractivity contribution in [1.82, 2.24) is 0 Å². The average molecular weight is 277 g/mol. The second-order valence-electron chi connectivity index (χ2n) is 5.34. The maximum absolute atomic E-state index is 8.98. The third kappa shape index (κ3) is 3.04. The van der Waals surface area contributed by atoms with Crippen molar-refractivity contribution in [3.05, 3.63) is 29.3 Å². The van der Waals surface area contributed by atoms with Crippen LogP contribution in [0.25, 0.3) is 0 Å². The SMILES string of the molecule is Cc1cc(N2CCCC2CCCO)ccc1/C(N)=N/O. The van der Waals surface area contributed by atoms with Crippen molar-refractivity contribution in [1.29, 1.82) is 0 Å². The third-order valence-corrected chi connectivity index (χ3v) is 4.00. The fourth-order valence-electron chi connectivity index (χ4n) is 2.97. The Bertz CT molecular complexity index is 488. The minimum atomic E-state index is 0.146. The lowest BCUT2D eigenvalue weighted by molar-refractivity contribution is 0.279. The van der Waals surface area contributed by atoms with E-state index in [4.69, 9.17) is 16.0 Å². The molecule has 1 aliphatic rings. The Morgan fingerprint density at radius 1 is 1.50 bits per heavy atom. The molecule has 110 valence electrons. The molecule has 4 N–H and O–H groups in total. The molecular formula is C15H23N3O2. The second-order valence-corrected chi connectivity index (χ2v) is 5.34. The maximum Gasteiger partial charge on any atom is 0.170 e. The number of anilines is 1. The molecule has 0 aliphatic carbocycles. The molecule has 0 saturated carbocycles. The van der Waals surface area contributed by atoms with Crippen LogP contribution < -0.4 is 10.6 Å². The van der Waals surface area contributed by atoms with Gasteiger partial charge in [-0.25, -0.2) is 0 Å². The Hall–Kier alpha value is -1.75. The van der Waals surface area contributed by atoms with Crippen molar-refractivity contribution in [3.63, 3.8) is 0 Å². The van der Waals surface area contributed by atoms with E-state index in [0.29, 0.717) is 6.04 Å². The summed E-state index contributed by atoms with van der Waals surface area (Å²) in [5.74, 6) is 0.146. The Labute approximate surface area is 119 Å². The Kier molecular flexibility index (Phi) is 4.84. The highest BCUT2D eigenvalue weighted by atomic mass is 16.4. The van der Waals surface area contributed by atoms with Gasteiger partial charge in [0.1, 0.15) is 0 Å². The van der Waals surface area contributed by atoms with Crippen LogP contribution >= 0.6 is 0 Å². The number of benzene rings is 1. The lowest BCUT2D eigenvalue weighted by Gasteiger charge is -2.27. The highest BCUT2D eigenvalue weighted by Gasteiger charge is 2.24. The minimum Gasteiger partial charge on any atom is -0.409 e. The van der Waals surface area contributed by atoms with E-state index in [2.05, 4.69) is 16.1 Å². The molecule has 0 radical (unpaired) electrons. The summed E-state index contributed by atoms with van der Waals surface area (Å²) in [6, 6.07) is 6.53. The van der Waals surface area contributed by atoms with Crippen LogP contribution in [0.15, 0.2) is 23.4 Å². The highest BCUT2D eigenvalue weighted by Crippen LogP contribution is 2.29. The summed E-state index contributed by atoms with van der Waals surface area (Å²) < 4.78 is 0. The van der Waals surface area contributed by atoms with Crippen LogP contribution in [0.4, 0.5) is 5.69 Å². The monoisotopic (exact) mass is 277 g/mol. The van der Waals surface area contributed by atoms with Crippen molar-refractivity contribution < 1.29 is 10.3 Å². The van der Waals surface area contributed by atoms with Gasteiger partial charge >= 0.3 is 0 Å². The smallest absolute Gasteiger partial charge is 0.170 e. The number of aryl methyl sites for hydroxylation is 1. The second kappa shape index (κ2) is 6.61. The number of hydrogen-bond donors (Lipinski definition) is 3. The molecule has 1 unspecified atom stereocenters. The number of hydrogen-bond acceptors (Lipinski definition) is 4. The van der Waals surface area contributed by atoms with Crippen LogP contribution in [0.1, 0.15) is 36.8 Å². The first kappa shape index (κ1) is 14.7. The molecule has 1 fully saturated rings. The molecule has 1 aromatic rings. The molecule has 0 spiro atoms. The van der Waals surface area contributed by atoms with Gasteiger partial charge in [-0.2, -0.15) is 0 Å². The van der Waals surface area contributed by atoms with E-state index >= 15 is 0 Å². The normalized spacial score (nSPS) is 19.6. The van der Waals surface area contributed by atoms with E-state index in [1.165, 1.54) is 18.5 Å². The van der Waals surface area contributed by atoms with Gasteiger partial charge in [-0.05, 0) is 56.4 Å². The van der Waals surface area contributed by atoms with Crippen molar-refractivity contribution >= 4 is 11.5 Å². The van der Waals surface area contributed by atoms with Crippen molar-refractivity contribution in [2.24, 2.45) is 10.9 Å². The molecule has 1 heterocycles. The molecule has 20 heavy (non-hydrogen) atoms. The topological polar surface area (TPSA) is 82.1 Å². The van der Waals surface area contributed by atoms with E-state index < -0.39 is 0 Å². The number of nitrogens with zero attached hydrogens (tertiary/aromatic N) is 2. The number of rotatable bonds is 5. The van der Waals surface area contributed by atoms with Gasteiger partial charge in [0, 0.05) is 30.4 Å². The summed E-state index contributed by atoms with van der Waals surface area (Å²) in [5.41, 5.74) is 8.60. The zero-order valence-corrected chi connectivity index (χ0v) is 11.9. The minimum absolute atomic E-state index is 0.146. The highest BCUT2D eigenvalue weighted by molar-refractivity contribution is 5.98. The first-order valence-corrected chi connectivity index (χ1v) is 7.13. The number of aliphatic hydroxyl groups excluding tert-OH is 1. The molecule has 5 nitrogen and oxygen atoms in total. The van der Waals surface area contributed by atoms with Gasteiger partial charge < -0.3 is 20.9 Å². The lowest BCUT2D eigenvalue weighted by Crippen LogP contribution is -2.29. The van der Waals surface area contributed by atoms with Crippen LogP contribution in [0.3, 0.4) is 0 Å². The Balaban J connectivity index is 2.18. The largest absolute Gasteiger partial charge is 0.409 e. The zero-order valence-electron chi connectivity index (χ0n) is 11.9. The van der Waals surface area contributed by atoms with Gasteiger partial charge in [0.05, 0.1) is 0 Å². The van der Waals surface area contributed by atoms with Crippen LogP contribution in [-0.4, -0.2) is 35.3 Å². The molecule has 0 bridgehead atoms. The van der Waals surface area contributed by atoms with Crippen LogP contribution in [-0.2, 0) is 0 Å². The van der Waals surface area contributed by atoms with E-state index in [9.17, 15) is 0 Å². The Morgan fingerprint density at radius 2 is 2.30 bits per heavy atom. The van der Waals surface area contributed by atoms with Crippen LogP contribution in [0.2, 0.25) is 0 Å². The zero-order chi connectivity index (χ0) is 14.5. The van der Waals surface area contributed by atoms with Crippen LogP contribution in [0, 0.1) is 6.92 Å². The molecule has 1 saturated heterocycles. The third-order valence-electron chi connectivity index (χ3n) is 4.00. The van der Waals surface area contributed by atoms with E-state index in [1.54, 1.807) is 0 Å². The number of oxime groups is 1. The van der Waals surface area contributed by atoms with Gasteiger partial charge in [0.15, 0.2) is 5.84 Å². The maximum atomic E-state index is 8.98. The van der Waals surface area contributed by atoms with Crippen LogP contribution in [0.5, 0.6) is 0 Å². The summed E-state index contributed by atoms with van der Waals surface area (Å²) in [7, 11) is 0. The fraction of sp³-hybridized carbons (Fsp3) is 0.533. The number of amidine groups is 1. The predicted molar refractivity (Wildman–Crippen MR) is 80.4 cm³/mol. The predicted octanol–water partition coefficient (Wildman–Crippen LogP) is 1.83. The van der Waals surface area contributed by atoms with Crippen molar-refractivity contribution in [2.75, 3.05) is 18.1 Å². The summed E-state index contributed by atoms with van der Waals surface area (Å²) in [4.78, 5) is 2.40. The van der Waals surface area contributed by atoms with Gasteiger partial charge in [0.25, 0.3) is 0 Å². The molecule has 1 aliphatic heterocycles. The Morgan fingerprint density at radius 3 is 2.95 bits per heavy atom. The summed E-state index contributed by atoms with van der Waals surface area (Å²) in [5, 5.41) is 20.8. The first-order valence-electron chi connectivity index (χ1n) is 7.13. The van der Waals surface area contributed by atoms with Gasteiger partial charge in [-0.15, -0.1) is 0 Å². The molecular weight excluding hydrogens is 254 g/mol. The van der Waals surface area contributed by atoms with Crippen molar-refractivity contribution in [3.8, 4) is 0 Å². The lowest BCUT2D eigenvalue weighted by atomic mass is 10.0.